The molecule has 5 aromatic rings. The molecule has 1 saturated carbocycles. The number of hydrogen-bond donors (Lipinski definition) is 1. The Morgan fingerprint density at radius 2 is 1.44 bits per heavy atom. The summed E-state index contributed by atoms with van der Waals surface area (Å²) in [7, 11) is 0. The fourth-order valence-electron chi connectivity index (χ4n) is 10.9. The fourth-order valence-corrected chi connectivity index (χ4v) is 11.9. The second-order valence-electron chi connectivity index (χ2n) is 17.0. The molecule has 9 rings (SSSR count). The van der Waals surface area contributed by atoms with E-state index >= 15 is 0 Å². The first kappa shape index (κ1) is 34.1. The van der Waals surface area contributed by atoms with Crippen LogP contribution in [0.1, 0.15) is 80.3 Å². The summed E-state index contributed by atoms with van der Waals surface area (Å²) in [6, 6.07) is 34.0. The Hall–Kier alpha value is -3.64. The molecule has 1 saturated heterocycles. The Kier molecular flexibility index (Phi) is 8.19. The summed E-state index contributed by atoms with van der Waals surface area (Å²) in [5.74, 6) is 1.68. The molecule has 1 unspecified atom stereocenters. The minimum absolute atomic E-state index is 0.130. The number of fused-ring (bicyclic) bond motifs is 10. The molecule has 1 spiro atoms. The number of rotatable bonds is 5. The van der Waals surface area contributed by atoms with Gasteiger partial charge >= 0.3 is 0 Å². The zero-order valence-electron chi connectivity index (χ0n) is 31.1. The Morgan fingerprint density at radius 3 is 2.13 bits per heavy atom. The molecular weight excluding hydrogens is 675 g/mol. The van der Waals surface area contributed by atoms with E-state index in [-0.39, 0.29) is 16.2 Å². The lowest BCUT2D eigenvalue weighted by atomic mass is 9.52. The molecule has 5 heteroatoms. The van der Waals surface area contributed by atoms with E-state index in [1.807, 2.05) is 0 Å². The Balaban J connectivity index is 1.34. The van der Waals surface area contributed by atoms with Crippen LogP contribution in [0.4, 0.5) is 5.69 Å². The van der Waals surface area contributed by atoms with Gasteiger partial charge in [0, 0.05) is 56.9 Å². The minimum Gasteiger partial charge on any atom is -0.472 e. The number of hydrogen-bond acceptors (Lipinski definition) is 5. The van der Waals surface area contributed by atoms with Crippen LogP contribution in [0.2, 0.25) is 0 Å². The molecule has 2 aliphatic carbocycles. The predicted molar refractivity (Wildman–Crippen MR) is 222 cm³/mol. The quantitative estimate of drug-likeness (QED) is 0.144. The third-order valence-electron chi connectivity index (χ3n) is 12.2. The smallest absolute Gasteiger partial charge is 0.178 e. The zero-order valence-corrected chi connectivity index (χ0v) is 32.8. The van der Waals surface area contributed by atoms with Crippen LogP contribution in [0.3, 0.4) is 0 Å². The second kappa shape index (κ2) is 12.5. The summed E-state index contributed by atoms with van der Waals surface area (Å²) in [5.41, 5.74) is 11.1. The number of ether oxygens (including phenoxy) is 2. The maximum absolute atomic E-state index is 7.78. The Morgan fingerprint density at radius 1 is 0.769 bits per heavy atom. The van der Waals surface area contributed by atoms with Gasteiger partial charge in [0.25, 0.3) is 0 Å². The van der Waals surface area contributed by atoms with Crippen molar-refractivity contribution in [3.8, 4) is 16.9 Å². The first-order valence-electron chi connectivity index (χ1n) is 18.9. The van der Waals surface area contributed by atoms with Crippen LogP contribution in [-0.4, -0.2) is 32.6 Å². The van der Waals surface area contributed by atoms with Crippen LogP contribution in [0, 0.1) is 10.8 Å². The minimum atomic E-state index is -0.801. The van der Waals surface area contributed by atoms with E-state index in [1.54, 1.807) is 11.8 Å². The highest BCUT2D eigenvalue weighted by atomic mass is 32.2. The average Bonchev–Trinajstić information content (AvgIpc) is 3.42. The van der Waals surface area contributed by atoms with Crippen molar-refractivity contribution >= 4 is 46.9 Å². The molecule has 52 heavy (non-hydrogen) atoms. The van der Waals surface area contributed by atoms with Crippen molar-refractivity contribution in [1.29, 1.82) is 0 Å². The van der Waals surface area contributed by atoms with E-state index in [0.717, 1.165) is 56.0 Å². The van der Waals surface area contributed by atoms with Gasteiger partial charge in [-0.1, -0.05) is 101 Å². The summed E-state index contributed by atoms with van der Waals surface area (Å²) >= 11 is 6.66. The Bertz CT molecular complexity index is 2200. The number of thioether (sulfide) groups is 1. The van der Waals surface area contributed by atoms with Crippen molar-refractivity contribution in [1.82, 2.24) is 0 Å². The van der Waals surface area contributed by atoms with Crippen LogP contribution in [-0.2, 0) is 21.5 Å². The molecule has 0 N–H and O–H groups in total. The van der Waals surface area contributed by atoms with Crippen molar-refractivity contribution < 1.29 is 9.47 Å². The van der Waals surface area contributed by atoms with Gasteiger partial charge < -0.3 is 14.4 Å². The molecule has 5 aromatic carbocycles. The fraction of sp³-hybridized carbons (Fsp3) is 0.362. The van der Waals surface area contributed by atoms with Gasteiger partial charge in [-0.25, -0.2) is 0 Å². The number of thiol groups is 1. The summed E-state index contributed by atoms with van der Waals surface area (Å²) in [6.45, 7) is 13.3. The lowest BCUT2D eigenvalue weighted by molar-refractivity contribution is 0.0642. The van der Waals surface area contributed by atoms with Crippen molar-refractivity contribution in [2.24, 2.45) is 10.8 Å². The standard InChI is InChI=1S/C47H49NO2S2/c1-44(2)28-45(3,4)30-46(29-44)39-14-10-9-13-35(39)41-37-25-31(27-51)40(52-5)26-38(37)43-36(42(41)46)19-20-47(50-43,32-11-7-6-8-12-32)33-15-17-34(18-16-33)48-21-23-49-24-22-48/h6-20,25-26,51H,21-24,27-30H2,1-5H3. The lowest BCUT2D eigenvalue weighted by Crippen LogP contribution is -2.44. The largest absolute Gasteiger partial charge is 0.472 e. The molecule has 0 aromatic heterocycles. The van der Waals surface area contributed by atoms with Gasteiger partial charge in [-0.3, -0.25) is 0 Å². The maximum Gasteiger partial charge on any atom is 0.178 e. The first-order chi connectivity index (χ1) is 25.1. The highest BCUT2D eigenvalue weighted by Gasteiger charge is 2.55. The summed E-state index contributed by atoms with van der Waals surface area (Å²) in [4.78, 5) is 3.67. The van der Waals surface area contributed by atoms with E-state index in [4.69, 9.17) is 22.1 Å². The highest BCUT2D eigenvalue weighted by molar-refractivity contribution is 7.98. The van der Waals surface area contributed by atoms with Crippen LogP contribution >= 0.6 is 24.4 Å². The zero-order chi connectivity index (χ0) is 35.9. The van der Waals surface area contributed by atoms with E-state index in [9.17, 15) is 0 Å². The van der Waals surface area contributed by atoms with Crippen LogP contribution in [0.15, 0.2) is 102 Å². The second-order valence-corrected chi connectivity index (χ2v) is 18.2. The molecule has 2 fully saturated rings. The van der Waals surface area contributed by atoms with Gasteiger partial charge in [-0.2, -0.15) is 12.6 Å². The Labute approximate surface area is 319 Å². The van der Waals surface area contributed by atoms with Crippen molar-refractivity contribution in [2.45, 2.75) is 68.6 Å². The van der Waals surface area contributed by atoms with E-state index in [0.29, 0.717) is 5.75 Å². The normalized spacial score (nSPS) is 22.2. The predicted octanol–water partition coefficient (Wildman–Crippen LogP) is 11.7. The first-order valence-corrected chi connectivity index (χ1v) is 20.7. The van der Waals surface area contributed by atoms with E-state index < -0.39 is 5.60 Å². The van der Waals surface area contributed by atoms with E-state index in [2.05, 4.69) is 142 Å². The number of nitrogens with zero attached hydrogens (tertiary/aromatic N) is 1. The van der Waals surface area contributed by atoms with Crippen LogP contribution in [0.5, 0.6) is 5.75 Å². The van der Waals surface area contributed by atoms with Crippen molar-refractivity contribution in [3.05, 3.63) is 130 Å². The third kappa shape index (κ3) is 5.28. The third-order valence-corrected chi connectivity index (χ3v) is 13.4. The van der Waals surface area contributed by atoms with Gasteiger partial charge in [-0.05, 0) is 99.9 Å². The number of anilines is 1. The van der Waals surface area contributed by atoms with E-state index in [1.165, 1.54) is 61.2 Å². The van der Waals surface area contributed by atoms with Gasteiger partial charge in [0.05, 0.1) is 13.2 Å². The molecule has 1 atom stereocenters. The molecule has 2 aliphatic heterocycles. The van der Waals surface area contributed by atoms with Gasteiger partial charge in [0.2, 0.25) is 0 Å². The molecule has 3 nitrogen and oxygen atoms in total. The van der Waals surface area contributed by atoms with Gasteiger partial charge in [-0.15, -0.1) is 11.8 Å². The summed E-state index contributed by atoms with van der Waals surface area (Å²) in [5, 5.41) is 2.46. The summed E-state index contributed by atoms with van der Waals surface area (Å²) < 4.78 is 13.4. The number of morpholine rings is 1. The van der Waals surface area contributed by atoms with Crippen LogP contribution in [0.25, 0.3) is 28.0 Å². The number of benzene rings is 5. The SMILES string of the molecule is CSc1cc2c3c(c4c(c2cc1CS)-c1ccccc1C41CC(C)(C)CC(C)(C)C1)C=CC(c1ccccc1)(c1ccc(N2CCOCC2)cc1)O3. The molecule has 0 radical (unpaired) electrons. The maximum atomic E-state index is 7.78. The molecule has 2 heterocycles. The molecule has 266 valence electrons. The molecule has 0 bridgehead atoms. The van der Waals surface area contributed by atoms with Crippen molar-refractivity contribution in [2.75, 3.05) is 37.5 Å². The average molecular weight is 724 g/mol. The van der Waals surface area contributed by atoms with Crippen LogP contribution < -0.4 is 9.64 Å². The molecule has 4 aliphatic rings. The van der Waals surface area contributed by atoms with Crippen molar-refractivity contribution in [3.63, 3.8) is 0 Å². The monoisotopic (exact) mass is 723 g/mol. The highest BCUT2D eigenvalue weighted by Crippen LogP contribution is 2.67. The molecular formula is C47H49NO2S2. The summed E-state index contributed by atoms with van der Waals surface area (Å²) in [6.07, 6.45) is 10.4. The van der Waals surface area contributed by atoms with Gasteiger partial charge in [0.15, 0.2) is 5.60 Å². The molecule has 0 amide bonds. The topological polar surface area (TPSA) is 21.7 Å². The lowest BCUT2D eigenvalue weighted by Gasteiger charge is -2.52. The van der Waals surface area contributed by atoms with Gasteiger partial charge in [0.1, 0.15) is 5.75 Å².